The lowest BCUT2D eigenvalue weighted by Crippen LogP contribution is -2.45. The second-order valence-electron chi connectivity index (χ2n) is 6.66. The van der Waals surface area contributed by atoms with E-state index in [0.29, 0.717) is 23.7 Å². The lowest BCUT2D eigenvalue weighted by atomic mass is 9.53. The fourth-order valence-electron chi connectivity index (χ4n) is 3.96. The standard InChI is InChI=1S/C23H24O2/c24-23(25)17-9-16-22-19(20-14-7-8-15-21(20)22)13-6-2-5-12-18-10-3-1-4-11-18/h1-12,14-15,17,19-22H,13,16H2,(H,24,25)/t19-,20-,21+,22+/m1/s1. The van der Waals surface area contributed by atoms with Crippen LogP contribution in [0.1, 0.15) is 18.4 Å². The second kappa shape index (κ2) is 8.48. The number of benzene rings is 1. The van der Waals surface area contributed by atoms with Crippen molar-refractivity contribution in [1.29, 1.82) is 0 Å². The maximum absolute atomic E-state index is 10.7. The molecule has 2 aliphatic rings. The molecule has 0 heterocycles. The third-order valence-corrected chi connectivity index (χ3v) is 5.17. The summed E-state index contributed by atoms with van der Waals surface area (Å²) in [6, 6.07) is 10.3. The first kappa shape index (κ1) is 17.2. The van der Waals surface area contributed by atoms with Crippen molar-refractivity contribution >= 4 is 12.0 Å². The molecule has 25 heavy (non-hydrogen) atoms. The molecule has 0 spiro atoms. The van der Waals surface area contributed by atoms with Gasteiger partial charge >= 0.3 is 5.97 Å². The van der Waals surface area contributed by atoms with Crippen molar-refractivity contribution in [2.24, 2.45) is 23.7 Å². The third kappa shape index (κ3) is 4.48. The molecule has 1 aromatic carbocycles. The number of carboxylic acids is 1. The van der Waals surface area contributed by atoms with Gasteiger partial charge in [0.2, 0.25) is 0 Å². The predicted octanol–water partition coefficient (Wildman–Crippen LogP) is 5.28. The third-order valence-electron chi connectivity index (χ3n) is 5.17. The van der Waals surface area contributed by atoms with E-state index in [1.165, 1.54) is 11.6 Å². The zero-order valence-corrected chi connectivity index (χ0v) is 14.2. The van der Waals surface area contributed by atoms with Gasteiger partial charge in [0, 0.05) is 6.08 Å². The van der Waals surface area contributed by atoms with Crippen LogP contribution in [-0.2, 0) is 4.79 Å². The summed E-state index contributed by atoms with van der Waals surface area (Å²) in [5.41, 5.74) is 1.20. The molecule has 3 rings (SSSR count). The number of allylic oxidation sites excluding steroid dienone is 8. The molecule has 0 unspecified atom stereocenters. The molecule has 0 amide bonds. The predicted molar refractivity (Wildman–Crippen MR) is 103 cm³/mol. The van der Waals surface area contributed by atoms with Gasteiger partial charge in [-0.2, -0.15) is 0 Å². The Morgan fingerprint density at radius 2 is 1.56 bits per heavy atom. The molecule has 0 aliphatic heterocycles. The minimum Gasteiger partial charge on any atom is -0.478 e. The number of fused-ring (bicyclic) bond motifs is 1. The molecule has 0 aromatic heterocycles. The minimum atomic E-state index is -0.863. The van der Waals surface area contributed by atoms with Gasteiger partial charge in [-0.1, -0.05) is 85.0 Å². The molecule has 2 nitrogen and oxygen atoms in total. The van der Waals surface area contributed by atoms with Crippen molar-refractivity contribution in [2.75, 3.05) is 0 Å². The summed E-state index contributed by atoms with van der Waals surface area (Å²) in [6.45, 7) is 0. The quantitative estimate of drug-likeness (QED) is 0.545. The van der Waals surface area contributed by atoms with Crippen molar-refractivity contribution in [3.05, 3.63) is 90.6 Å². The van der Waals surface area contributed by atoms with Crippen LogP contribution < -0.4 is 0 Å². The molecule has 2 heteroatoms. The Balaban J connectivity index is 1.56. The highest BCUT2D eigenvalue weighted by Gasteiger charge is 2.46. The van der Waals surface area contributed by atoms with Crippen molar-refractivity contribution in [1.82, 2.24) is 0 Å². The average molecular weight is 332 g/mol. The summed E-state index contributed by atoms with van der Waals surface area (Å²) in [4.78, 5) is 10.7. The summed E-state index contributed by atoms with van der Waals surface area (Å²) in [5.74, 6) is 1.41. The Labute approximate surface area is 149 Å². The molecular formula is C23H24O2. The largest absolute Gasteiger partial charge is 0.478 e. The molecule has 4 atom stereocenters. The van der Waals surface area contributed by atoms with Gasteiger partial charge in [-0.05, 0) is 42.1 Å². The molecule has 1 aromatic rings. The Kier molecular flexibility index (Phi) is 5.84. The monoisotopic (exact) mass is 332 g/mol. The molecule has 2 aliphatic carbocycles. The first-order valence-corrected chi connectivity index (χ1v) is 8.88. The topological polar surface area (TPSA) is 37.3 Å². The van der Waals surface area contributed by atoms with E-state index in [1.807, 2.05) is 18.2 Å². The summed E-state index contributed by atoms with van der Waals surface area (Å²) in [6.07, 6.45) is 22.3. The molecule has 1 N–H and O–H groups in total. The van der Waals surface area contributed by atoms with Crippen molar-refractivity contribution < 1.29 is 9.90 Å². The minimum absolute atomic E-state index is 0.532. The summed E-state index contributed by atoms with van der Waals surface area (Å²) in [7, 11) is 0. The van der Waals surface area contributed by atoms with E-state index in [-0.39, 0.29) is 0 Å². The summed E-state index contributed by atoms with van der Waals surface area (Å²) >= 11 is 0. The summed E-state index contributed by atoms with van der Waals surface area (Å²) < 4.78 is 0. The van der Waals surface area contributed by atoms with Crippen molar-refractivity contribution in [3.8, 4) is 0 Å². The highest BCUT2D eigenvalue weighted by atomic mass is 16.4. The van der Waals surface area contributed by atoms with E-state index >= 15 is 0 Å². The normalized spacial score (nSPS) is 27.8. The molecule has 128 valence electrons. The maximum atomic E-state index is 10.7. The van der Waals surface area contributed by atoms with Crippen LogP contribution in [0, 0.1) is 23.7 Å². The van der Waals surface area contributed by atoms with E-state index in [2.05, 4.69) is 60.7 Å². The van der Waals surface area contributed by atoms with Gasteiger partial charge in [-0.15, -0.1) is 0 Å². The number of aliphatic carboxylic acids is 1. The highest BCUT2D eigenvalue weighted by molar-refractivity contribution is 5.79. The Morgan fingerprint density at radius 1 is 0.920 bits per heavy atom. The SMILES string of the molecule is O=C(O)C=CC[C@@H]1[C@H]2C=CC=C[C@@H]2[C@H]1CC=CC=Cc1ccccc1. The Morgan fingerprint density at radius 3 is 2.20 bits per heavy atom. The number of hydrogen-bond donors (Lipinski definition) is 1. The van der Waals surface area contributed by atoms with Crippen LogP contribution in [0.3, 0.4) is 0 Å². The number of rotatable bonds is 7. The van der Waals surface area contributed by atoms with Gasteiger partial charge in [0.15, 0.2) is 0 Å². The summed E-state index contributed by atoms with van der Waals surface area (Å²) in [5, 5.41) is 8.78. The van der Waals surface area contributed by atoms with E-state index in [0.717, 1.165) is 12.8 Å². The van der Waals surface area contributed by atoms with Crippen LogP contribution in [0.15, 0.2) is 85.0 Å². The van der Waals surface area contributed by atoms with Gasteiger partial charge in [0.25, 0.3) is 0 Å². The van der Waals surface area contributed by atoms with E-state index in [1.54, 1.807) is 6.08 Å². The van der Waals surface area contributed by atoms with Gasteiger partial charge in [0.1, 0.15) is 0 Å². The Bertz CT molecular complexity index is 722. The highest BCUT2D eigenvalue weighted by Crippen LogP contribution is 2.52. The van der Waals surface area contributed by atoms with Crippen LogP contribution in [-0.4, -0.2) is 11.1 Å². The fourth-order valence-corrected chi connectivity index (χ4v) is 3.96. The first-order chi connectivity index (χ1) is 12.3. The maximum Gasteiger partial charge on any atom is 0.327 e. The van der Waals surface area contributed by atoms with Crippen LogP contribution in [0.25, 0.3) is 6.08 Å². The second-order valence-corrected chi connectivity index (χ2v) is 6.66. The smallest absolute Gasteiger partial charge is 0.327 e. The van der Waals surface area contributed by atoms with Gasteiger partial charge in [0.05, 0.1) is 0 Å². The Hall–Kier alpha value is -2.61. The van der Waals surface area contributed by atoms with Crippen LogP contribution in [0.4, 0.5) is 0 Å². The van der Waals surface area contributed by atoms with Crippen LogP contribution in [0.2, 0.25) is 0 Å². The van der Waals surface area contributed by atoms with E-state index < -0.39 is 5.97 Å². The molecule has 1 saturated carbocycles. The molecule has 1 fully saturated rings. The zero-order valence-electron chi connectivity index (χ0n) is 14.2. The molecule has 0 saturated heterocycles. The van der Waals surface area contributed by atoms with E-state index in [4.69, 9.17) is 5.11 Å². The van der Waals surface area contributed by atoms with E-state index in [9.17, 15) is 4.79 Å². The number of carboxylic acid groups (broad SMARTS) is 1. The average Bonchev–Trinajstić information content (AvgIpc) is 2.62. The number of hydrogen-bond acceptors (Lipinski definition) is 1. The fraction of sp³-hybridized carbons (Fsp3) is 0.261. The first-order valence-electron chi connectivity index (χ1n) is 8.88. The molecule has 0 bridgehead atoms. The zero-order chi connectivity index (χ0) is 17.5. The van der Waals surface area contributed by atoms with Gasteiger partial charge in [-0.3, -0.25) is 0 Å². The van der Waals surface area contributed by atoms with Crippen molar-refractivity contribution in [2.45, 2.75) is 12.8 Å². The van der Waals surface area contributed by atoms with Crippen molar-refractivity contribution in [3.63, 3.8) is 0 Å². The number of carbonyl (C=O) groups is 1. The van der Waals surface area contributed by atoms with Crippen LogP contribution in [0.5, 0.6) is 0 Å². The molecular weight excluding hydrogens is 308 g/mol. The van der Waals surface area contributed by atoms with Gasteiger partial charge in [-0.25, -0.2) is 4.79 Å². The van der Waals surface area contributed by atoms with Crippen LogP contribution >= 0.6 is 0 Å². The lowest BCUT2D eigenvalue weighted by Gasteiger charge is -2.51. The molecule has 0 radical (unpaired) electrons. The lowest BCUT2D eigenvalue weighted by molar-refractivity contribution is -0.131. The van der Waals surface area contributed by atoms with Gasteiger partial charge < -0.3 is 5.11 Å².